The van der Waals surface area contributed by atoms with E-state index in [4.69, 9.17) is 11.6 Å². The van der Waals surface area contributed by atoms with E-state index in [0.717, 1.165) is 43.3 Å². The molecule has 2 heterocycles. The lowest BCUT2D eigenvalue weighted by Gasteiger charge is -2.35. The number of nitrogens with zero attached hydrogens (tertiary/aromatic N) is 3. The summed E-state index contributed by atoms with van der Waals surface area (Å²) in [5.41, 5.74) is -0.770. The van der Waals surface area contributed by atoms with Gasteiger partial charge in [-0.05, 0) is 31.2 Å². The fraction of sp³-hybridized carbons (Fsp3) is 0.611. The van der Waals surface area contributed by atoms with Crippen LogP contribution < -0.4 is 5.32 Å². The van der Waals surface area contributed by atoms with E-state index < -0.39 is 17.0 Å². The van der Waals surface area contributed by atoms with Gasteiger partial charge in [0.05, 0.1) is 15.8 Å². The lowest BCUT2D eigenvalue weighted by molar-refractivity contribution is -0.137. The Morgan fingerprint density at radius 3 is 2.75 bits per heavy atom. The molecule has 1 amide bonds. The Morgan fingerprint density at radius 1 is 1.36 bits per heavy atom. The van der Waals surface area contributed by atoms with E-state index in [1.165, 1.54) is 4.40 Å². The average molecular weight is 435 g/mol. The minimum atomic E-state index is -4.54. The first-order valence-corrected chi connectivity index (χ1v) is 10.4. The van der Waals surface area contributed by atoms with Gasteiger partial charge in [-0.3, -0.25) is 9.20 Å². The minimum absolute atomic E-state index is 0.112. The topological polar surface area (TPSA) is 59.3 Å². The van der Waals surface area contributed by atoms with Gasteiger partial charge in [0.15, 0.2) is 10.8 Å². The van der Waals surface area contributed by atoms with E-state index in [9.17, 15) is 18.0 Å². The van der Waals surface area contributed by atoms with Crippen molar-refractivity contribution in [2.45, 2.75) is 62.7 Å². The smallest absolute Gasteiger partial charge is 0.352 e. The lowest BCUT2D eigenvalue weighted by atomic mass is 9.78. The maximum absolute atomic E-state index is 13.1. The summed E-state index contributed by atoms with van der Waals surface area (Å²) in [7, 11) is 0. The predicted molar refractivity (Wildman–Crippen MR) is 102 cm³/mol. The maximum Gasteiger partial charge on any atom is 0.417 e. The molecule has 1 aliphatic carbocycles. The van der Waals surface area contributed by atoms with Crippen LogP contribution in [0.1, 0.15) is 45.6 Å². The van der Waals surface area contributed by atoms with Crippen molar-refractivity contribution in [2.75, 3.05) is 0 Å². The van der Waals surface area contributed by atoms with E-state index >= 15 is 0 Å². The highest BCUT2D eigenvalue weighted by Crippen LogP contribution is 2.34. The molecule has 28 heavy (non-hydrogen) atoms. The van der Waals surface area contributed by atoms with E-state index in [1.807, 2.05) is 0 Å². The number of amides is 1. The molecule has 3 rings (SSSR count). The molecule has 1 fully saturated rings. The number of pyridine rings is 1. The number of carbonyl (C=O) groups is 1. The van der Waals surface area contributed by atoms with Gasteiger partial charge < -0.3 is 5.32 Å². The number of fused-ring (bicyclic) bond motifs is 1. The molecule has 154 valence electrons. The van der Waals surface area contributed by atoms with Crippen LogP contribution in [0.25, 0.3) is 5.65 Å². The number of halogens is 4. The van der Waals surface area contributed by atoms with Crippen molar-refractivity contribution in [1.29, 1.82) is 0 Å². The lowest BCUT2D eigenvalue weighted by Crippen LogP contribution is -2.46. The van der Waals surface area contributed by atoms with Crippen LogP contribution in [-0.2, 0) is 11.0 Å². The first kappa shape index (κ1) is 21.2. The minimum Gasteiger partial charge on any atom is -0.352 e. The number of hydrogen-bond donors (Lipinski definition) is 1. The van der Waals surface area contributed by atoms with Crippen LogP contribution >= 0.6 is 23.4 Å². The molecule has 1 saturated carbocycles. The van der Waals surface area contributed by atoms with Gasteiger partial charge in [0.2, 0.25) is 5.91 Å². The zero-order valence-corrected chi connectivity index (χ0v) is 17.3. The third kappa shape index (κ3) is 4.40. The Kier molecular flexibility index (Phi) is 6.14. The standard InChI is InChI=1S/C18H22ClF3N4OS/c1-9-5-4-6-14(10(9)2)23-16(27)11(3)28-17-25-24-15-13(19)7-12(8-26(15)17)18(20,21)22/h7-11,14H,4-6H2,1-3H3,(H,23,27)/t9-,10-,11+,14-/m1/s1. The van der Waals surface area contributed by atoms with Gasteiger partial charge >= 0.3 is 6.18 Å². The maximum atomic E-state index is 13.1. The zero-order valence-electron chi connectivity index (χ0n) is 15.8. The average Bonchev–Trinajstić information content (AvgIpc) is 3.01. The summed E-state index contributed by atoms with van der Waals surface area (Å²) in [6.07, 6.45) is -0.468. The molecule has 2 aromatic heterocycles. The van der Waals surface area contributed by atoms with Crippen molar-refractivity contribution < 1.29 is 18.0 Å². The van der Waals surface area contributed by atoms with Crippen molar-refractivity contribution in [3.63, 3.8) is 0 Å². The molecule has 5 nitrogen and oxygen atoms in total. The van der Waals surface area contributed by atoms with Crippen LogP contribution in [0, 0.1) is 11.8 Å². The largest absolute Gasteiger partial charge is 0.417 e. The summed E-state index contributed by atoms with van der Waals surface area (Å²) in [4.78, 5) is 12.6. The summed E-state index contributed by atoms with van der Waals surface area (Å²) >= 11 is 6.99. The molecule has 4 atom stereocenters. The zero-order chi connectivity index (χ0) is 20.6. The number of thioether (sulfide) groups is 1. The van der Waals surface area contributed by atoms with E-state index in [-0.39, 0.29) is 27.8 Å². The molecule has 0 aromatic carbocycles. The van der Waals surface area contributed by atoms with Gasteiger partial charge in [0.1, 0.15) is 0 Å². The molecule has 0 radical (unpaired) electrons. The normalized spacial score (nSPS) is 24.3. The second kappa shape index (κ2) is 8.10. The molecule has 1 N–H and O–H groups in total. The molecule has 0 bridgehead atoms. The predicted octanol–water partition coefficient (Wildman–Crippen LogP) is 4.82. The third-order valence-electron chi connectivity index (χ3n) is 5.44. The Morgan fingerprint density at radius 2 is 2.07 bits per heavy atom. The SMILES string of the molecule is C[C@@H]1[C@H](C)CCC[C@H]1NC(=O)[C@H](C)Sc1nnc2c(Cl)cc(C(F)(F)F)cn12. The van der Waals surface area contributed by atoms with Crippen molar-refractivity contribution in [3.8, 4) is 0 Å². The van der Waals surface area contributed by atoms with Crippen molar-refractivity contribution in [1.82, 2.24) is 19.9 Å². The van der Waals surface area contributed by atoms with Crippen LogP contribution in [0.5, 0.6) is 0 Å². The monoisotopic (exact) mass is 434 g/mol. The summed E-state index contributed by atoms with van der Waals surface area (Å²) in [6.45, 7) is 6.03. The second-order valence-electron chi connectivity index (χ2n) is 7.39. The fourth-order valence-corrected chi connectivity index (χ4v) is 4.54. The van der Waals surface area contributed by atoms with Gasteiger partial charge in [-0.2, -0.15) is 13.2 Å². The van der Waals surface area contributed by atoms with Crippen LogP contribution in [-0.4, -0.2) is 31.8 Å². The fourth-order valence-electron chi connectivity index (χ4n) is 3.47. The van der Waals surface area contributed by atoms with Crippen molar-refractivity contribution in [2.24, 2.45) is 11.8 Å². The number of aromatic nitrogens is 3. The van der Waals surface area contributed by atoms with Crippen LogP contribution in [0.15, 0.2) is 17.4 Å². The third-order valence-corrected chi connectivity index (χ3v) is 6.78. The second-order valence-corrected chi connectivity index (χ2v) is 9.11. The van der Waals surface area contributed by atoms with Gasteiger partial charge in [-0.1, -0.05) is 50.1 Å². The van der Waals surface area contributed by atoms with Crippen molar-refractivity contribution in [3.05, 3.63) is 22.8 Å². The van der Waals surface area contributed by atoms with Crippen LogP contribution in [0.2, 0.25) is 5.02 Å². The number of nitrogens with one attached hydrogen (secondary N) is 1. The molecule has 0 saturated heterocycles. The number of hydrogen-bond acceptors (Lipinski definition) is 4. The van der Waals surface area contributed by atoms with Crippen LogP contribution in [0.4, 0.5) is 13.2 Å². The van der Waals surface area contributed by atoms with Crippen molar-refractivity contribution >= 4 is 34.9 Å². The Labute approximate surface area is 170 Å². The van der Waals surface area contributed by atoms with Gasteiger partial charge in [0, 0.05) is 12.2 Å². The number of alkyl halides is 3. The highest BCUT2D eigenvalue weighted by Gasteiger charge is 2.33. The van der Waals surface area contributed by atoms with Crippen LogP contribution in [0.3, 0.4) is 0 Å². The molecule has 10 heteroatoms. The summed E-state index contributed by atoms with van der Waals surface area (Å²) in [5, 5.41) is 10.4. The van der Waals surface area contributed by atoms with Gasteiger partial charge in [0.25, 0.3) is 0 Å². The molecule has 2 aromatic rings. The first-order valence-electron chi connectivity index (χ1n) is 9.16. The van der Waals surface area contributed by atoms with Gasteiger partial charge in [-0.25, -0.2) is 0 Å². The molecule has 1 aliphatic rings. The van der Waals surface area contributed by atoms with E-state index in [2.05, 4.69) is 29.4 Å². The summed E-state index contributed by atoms with van der Waals surface area (Å²) in [5.74, 6) is 0.771. The number of rotatable bonds is 4. The quantitative estimate of drug-likeness (QED) is 0.700. The Balaban J connectivity index is 1.76. The number of carbonyl (C=O) groups excluding carboxylic acids is 1. The van der Waals surface area contributed by atoms with E-state index in [1.54, 1.807) is 6.92 Å². The molecular formula is C18H22ClF3N4OS. The molecule has 0 spiro atoms. The highest BCUT2D eigenvalue weighted by atomic mass is 35.5. The summed E-state index contributed by atoms with van der Waals surface area (Å²) in [6, 6.07) is 0.933. The highest BCUT2D eigenvalue weighted by molar-refractivity contribution is 8.00. The van der Waals surface area contributed by atoms with Gasteiger partial charge in [-0.15, -0.1) is 10.2 Å². The summed E-state index contributed by atoms with van der Waals surface area (Å²) < 4.78 is 40.4. The Bertz CT molecular complexity index is 872. The molecule has 0 unspecified atom stereocenters. The Hall–Kier alpha value is -1.48. The first-order chi connectivity index (χ1) is 13.1. The molecular weight excluding hydrogens is 413 g/mol. The molecule has 0 aliphatic heterocycles. The van der Waals surface area contributed by atoms with E-state index in [0.29, 0.717) is 11.8 Å².